The van der Waals surface area contributed by atoms with Gasteiger partial charge < -0.3 is 0 Å². The van der Waals surface area contributed by atoms with Gasteiger partial charge in [-0.25, -0.2) is 0 Å². The van der Waals surface area contributed by atoms with Crippen LogP contribution < -0.4 is 0 Å². The highest BCUT2D eigenvalue weighted by Crippen LogP contribution is 2.07. The molecule has 2 nitrogen and oxygen atoms in total. The molecule has 0 spiro atoms. The quantitative estimate of drug-likeness (QED) is 0.714. The van der Waals surface area contributed by atoms with Gasteiger partial charge in [0.2, 0.25) is 5.24 Å². The molecule has 0 amide bonds. The van der Waals surface area contributed by atoms with Crippen molar-refractivity contribution in [2.24, 2.45) is 0 Å². The second-order valence-electron chi connectivity index (χ2n) is 3.23. The predicted molar refractivity (Wildman–Crippen MR) is 55.4 cm³/mol. The number of hydrogen-bond donors (Lipinski definition) is 0. The third-order valence-corrected chi connectivity index (χ3v) is 1.95. The summed E-state index contributed by atoms with van der Waals surface area (Å²) >= 11 is 5.24. The maximum absolute atomic E-state index is 10.8. The maximum Gasteiger partial charge on any atom is 0.226 e. The minimum absolute atomic E-state index is 0.131. The lowest BCUT2D eigenvalue weighted by molar-refractivity contribution is -0.116. The number of carbonyl (C=O) groups excluding carboxylic acids is 2. The van der Waals surface area contributed by atoms with Crippen molar-refractivity contribution in [3.63, 3.8) is 0 Å². The van der Waals surface area contributed by atoms with E-state index in [2.05, 4.69) is 0 Å². The van der Waals surface area contributed by atoms with Crippen molar-refractivity contribution < 1.29 is 9.59 Å². The van der Waals surface area contributed by atoms with Gasteiger partial charge in [-0.3, -0.25) is 9.59 Å². The molecule has 0 saturated heterocycles. The van der Waals surface area contributed by atoms with E-state index in [0.717, 1.165) is 11.1 Å². The molecule has 1 rings (SSSR count). The van der Waals surface area contributed by atoms with Crippen LogP contribution >= 0.6 is 11.6 Å². The van der Waals surface area contributed by atoms with Gasteiger partial charge in [0, 0.05) is 12.8 Å². The molecule has 0 N–H and O–H groups in total. The fourth-order valence-electron chi connectivity index (χ4n) is 1.22. The number of carbonyl (C=O) groups is 2. The summed E-state index contributed by atoms with van der Waals surface area (Å²) in [4.78, 5) is 21.4. The summed E-state index contributed by atoms with van der Waals surface area (Å²) in [5, 5.41) is -0.371. The van der Waals surface area contributed by atoms with Crippen LogP contribution in [0.25, 0.3) is 0 Å². The van der Waals surface area contributed by atoms with E-state index >= 15 is 0 Å². The molecule has 0 unspecified atom stereocenters. The van der Waals surface area contributed by atoms with Crippen LogP contribution in [0.3, 0.4) is 0 Å². The summed E-state index contributed by atoms with van der Waals surface area (Å²) in [6, 6.07) is 7.32. The Morgan fingerprint density at radius 1 is 1.07 bits per heavy atom. The van der Waals surface area contributed by atoms with Crippen molar-refractivity contribution in [2.75, 3.05) is 0 Å². The highest BCUT2D eigenvalue weighted by atomic mass is 35.5. The first-order valence-electron chi connectivity index (χ1n) is 4.33. The molecule has 0 radical (unpaired) electrons. The van der Waals surface area contributed by atoms with Crippen molar-refractivity contribution in [1.29, 1.82) is 0 Å². The Morgan fingerprint density at radius 2 is 1.50 bits per heavy atom. The topological polar surface area (TPSA) is 34.1 Å². The average Bonchev–Trinajstić information content (AvgIpc) is 2.06. The van der Waals surface area contributed by atoms with Gasteiger partial charge in [-0.2, -0.15) is 0 Å². The molecule has 0 atom stereocenters. The first-order chi connectivity index (χ1) is 6.58. The fraction of sp³-hybridized carbons (Fsp3) is 0.273. The highest BCUT2D eigenvalue weighted by Gasteiger charge is 2.00. The van der Waals surface area contributed by atoms with Crippen molar-refractivity contribution >= 4 is 22.6 Å². The van der Waals surface area contributed by atoms with E-state index in [1.54, 1.807) is 6.92 Å². The Labute approximate surface area is 87.9 Å². The van der Waals surface area contributed by atoms with Crippen molar-refractivity contribution in [2.45, 2.75) is 19.8 Å². The van der Waals surface area contributed by atoms with E-state index in [0.29, 0.717) is 6.42 Å². The first-order valence-corrected chi connectivity index (χ1v) is 4.71. The molecule has 1 aromatic carbocycles. The summed E-state index contributed by atoms with van der Waals surface area (Å²) < 4.78 is 0. The lowest BCUT2D eigenvalue weighted by atomic mass is 10.1. The van der Waals surface area contributed by atoms with Gasteiger partial charge in [0.25, 0.3) is 0 Å². The second-order valence-corrected chi connectivity index (χ2v) is 3.65. The van der Waals surface area contributed by atoms with E-state index in [1.807, 2.05) is 24.3 Å². The predicted octanol–water partition coefficient (Wildman–Crippen LogP) is 2.13. The summed E-state index contributed by atoms with van der Waals surface area (Å²) in [6.45, 7) is 1.55. The van der Waals surface area contributed by atoms with E-state index in [4.69, 9.17) is 11.6 Å². The van der Waals surface area contributed by atoms with E-state index in [1.165, 1.54) is 0 Å². The van der Waals surface area contributed by atoms with Crippen molar-refractivity contribution in [1.82, 2.24) is 0 Å². The Morgan fingerprint density at radius 3 is 1.86 bits per heavy atom. The van der Waals surface area contributed by atoms with Crippen LogP contribution in [-0.4, -0.2) is 11.0 Å². The van der Waals surface area contributed by atoms with Crippen LogP contribution in [0.2, 0.25) is 0 Å². The summed E-state index contributed by atoms with van der Waals surface area (Å²) in [5.41, 5.74) is 1.83. The Kier molecular flexibility index (Phi) is 3.84. The summed E-state index contributed by atoms with van der Waals surface area (Å²) in [7, 11) is 0. The van der Waals surface area contributed by atoms with Crippen molar-refractivity contribution in [3.8, 4) is 0 Å². The van der Waals surface area contributed by atoms with E-state index in [9.17, 15) is 9.59 Å². The molecule has 0 aromatic heterocycles. The molecule has 3 heteroatoms. The van der Waals surface area contributed by atoms with Gasteiger partial charge in [-0.1, -0.05) is 24.3 Å². The standard InChI is InChI=1S/C11H11ClO2/c1-8(13)6-9-2-4-10(5-3-9)7-11(12)14/h2-5H,6-7H2,1H3. The zero-order valence-electron chi connectivity index (χ0n) is 7.92. The normalized spacial score (nSPS) is 9.86. The molecule has 1 aromatic rings. The number of ketones is 1. The van der Waals surface area contributed by atoms with Gasteiger partial charge >= 0.3 is 0 Å². The Bertz CT molecular complexity index is 306. The summed E-state index contributed by atoms with van der Waals surface area (Å²) in [5.74, 6) is 0.131. The first kappa shape index (κ1) is 10.9. The molecule has 0 saturated carbocycles. The molecular formula is C11H11ClO2. The molecule has 0 aliphatic rings. The average molecular weight is 211 g/mol. The zero-order chi connectivity index (χ0) is 10.6. The number of hydrogen-bond acceptors (Lipinski definition) is 2. The van der Waals surface area contributed by atoms with Crippen molar-refractivity contribution in [3.05, 3.63) is 35.4 Å². The van der Waals surface area contributed by atoms with E-state index in [-0.39, 0.29) is 17.4 Å². The smallest absolute Gasteiger partial charge is 0.226 e. The molecule has 0 aliphatic carbocycles. The van der Waals surface area contributed by atoms with Crippen LogP contribution in [0.5, 0.6) is 0 Å². The minimum atomic E-state index is -0.371. The lowest BCUT2D eigenvalue weighted by Crippen LogP contribution is -1.97. The SMILES string of the molecule is CC(=O)Cc1ccc(CC(=O)Cl)cc1. The maximum atomic E-state index is 10.8. The number of halogens is 1. The molecule has 0 aliphatic heterocycles. The number of Topliss-reactive ketones (excluding diaryl/α,β-unsaturated/α-hetero) is 1. The molecule has 74 valence electrons. The van der Waals surface area contributed by atoms with Crippen LogP contribution in [-0.2, 0) is 22.4 Å². The molecule has 0 heterocycles. The van der Waals surface area contributed by atoms with E-state index < -0.39 is 0 Å². The van der Waals surface area contributed by atoms with Gasteiger partial charge in [0.1, 0.15) is 5.78 Å². The monoisotopic (exact) mass is 210 g/mol. The van der Waals surface area contributed by atoms with Crippen LogP contribution in [0.1, 0.15) is 18.1 Å². The van der Waals surface area contributed by atoms with Gasteiger partial charge in [-0.15, -0.1) is 0 Å². The molecule has 0 fully saturated rings. The third kappa shape index (κ3) is 3.71. The lowest BCUT2D eigenvalue weighted by Gasteiger charge is -1.99. The van der Waals surface area contributed by atoms with Gasteiger partial charge in [0.15, 0.2) is 0 Å². The van der Waals surface area contributed by atoms with Gasteiger partial charge in [0.05, 0.1) is 0 Å². The highest BCUT2D eigenvalue weighted by molar-refractivity contribution is 6.63. The van der Waals surface area contributed by atoms with Crippen LogP contribution in [0.15, 0.2) is 24.3 Å². The van der Waals surface area contributed by atoms with Gasteiger partial charge in [-0.05, 0) is 29.7 Å². The largest absolute Gasteiger partial charge is 0.300 e. The Hall–Kier alpha value is -1.15. The zero-order valence-corrected chi connectivity index (χ0v) is 8.67. The second kappa shape index (κ2) is 4.91. The third-order valence-electron chi connectivity index (χ3n) is 1.82. The number of benzene rings is 1. The van der Waals surface area contributed by atoms with Crippen LogP contribution in [0, 0.1) is 0 Å². The number of rotatable bonds is 4. The molecule has 0 bridgehead atoms. The molecular weight excluding hydrogens is 200 g/mol. The minimum Gasteiger partial charge on any atom is -0.300 e. The fourth-order valence-corrected chi connectivity index (χ4v) is 1.38. The summed E-state index contributed by atoms with van der Waals surface area (Å²) in [6.07, 6.45) is 0.678. The Balaban J connectivity index is 2.68. The van der Waals surface area contributed by atoms with Crippen LogP contribution in [0.4, 0.5) is 0 Å². The molecule has 14 heavy (non-hydrogen) atoms.